The second-order valence-corrected chi connectivity index (χ2v) is 6.81. The van der Waals surface area contributed by atoms with Crippen LogP contribution in [0.2, 0.25) is 10.0 Å². The number of carbonyl (C=O) groups excluding carboxylic acids is 3. The summed E-state index contributed by atoms with van der Waals surface area (Å²) in [6.07, 6.45) is 5.34. The lowest BCUT2D eigenvalue weighted by Gasteiger charge is -2.15. The molecule has 0 heterocycles. The maximum atomic E-state index is 11.9. The van der Waals surface area contributed by atoms with Gasteiger partial charge in [0.2, 0.25) is 0 Å². The smallest absolute Gasteiger partial charge is 0.331 e. The Balaban J connectivity index is 1.82. The first kappa shape index (κ1) is 20.3. The van der Waals surface area contributed by atoms with Crippen LogP contribution in [0.25, 0.3) is 6.08 Å². The molecule has 1 aromatic rings. The fourth-order valence-electron chi connectivity index (χ4n) is 2.59. The third-order valence-corrected chi connectivity index (χ3v) is 4.63. The molecule has 8 heteroatoms. The summed E-state index contributed by atoms with van der Waals surface area (Å²) in [5, 5.41) is 5.66. The van der Waals surface area contributed by atoms with E-state index in [1.807, 2.05) is 0 Å². The van der Waals surface area contributed by atoms with Gasteiger partial charge in [0.05, 0.1) is 0 Å². The number of ether oxygens (including phenoxy) is 1. The highest BCUT2D eigenvalue weighted by Gasteiger charge is 2.22. The highest BCUT2D eigenvalue weighted by atomic mass is 35.5. The Kier molecular flexibility index (Phi) is 7.48. The summed E-state index contributed by atoms with van der Waals surface area (Å²) in [6, 6.07) is 4.46. The number of nitrogens with one attached hydrogen (secondary N) is 2. The second-order valence-electron chi connectivity index (χ2n) is 5.99. The van der Waals surface area contributed by atoms with Crippen molar-refractivity contribution < 1.29 is 19.1 Å². The molecule has 1 aromatic carbocycles. The first-order chi connectivity index (χ1) is 12.4. The number of halogens is 2. The zero-order valence-corrected chi connectivity index (χ0v) is 15.8. The molecule has 0 saturated heterocycles. The van der Waals surface area contributed by atoms with E-state index in [-0.39, 0.29) is 6.04 Å². The maximum Gasteiger partial charge on any atom is 0.331 e. The van der Waals surface area contributed by atoms with Crippen molar-refractivity contribution in [2.45, 2.75) is 44.8 Å². The third-order valence-electron chi connectivity index (χ3n) is 3.98. The van der Waals surface area contributed by atoms with Crippen molar-refractivity contribution in [3.8, 4) is 0 Å². The summed E-state index contributed by atoms with van der Waals surface area (Å²) in [5.74, 6) is -1.45. The Morgan fingerprint density at radius 3 is 2.42 bits per heavy atom. The van der Waals surface area contributed by atoms with Gasteiger partial charge in [-0.25, -0.2) is 9.59 Å². The first-order valence-corrected chi connectivity index (χ1v) is 9.06. The van der Waals surface area contributed by atoms with E-state index in [1.165, 1.54) is 13.0 Å². The van der Waals surface area contributed by atoms with Crippen LogP contribution in [0.5, 0.6) is 0 Å². The molecule has 0 aliphatic heterocycles. The molecule has 0 spiro atoms. The Morgan fingerprint density at radius 1 is 1.19 bits per heavy atom. The van der Waals surface area contributed by atoms with Gasteiger partial charge in [0.1, 0.15) is 0 Å². The van der Waals surface area contributed by atoms with Gasteiger partial charge in [-0.05, 0) is 38.0 Å². The highest BCUT2D eigenvalue weighted by Crippen LogP contribution is 2.25. The molecule has 6 nitrogen and oxygen atoms in total. The van der Waals surface area contributed by atoms with Gasteiger partial charge in [-0.1, -0.05) is 42.1 Å². The number of esters is 1. The standard InChI is InChI=1S/C18H20Cl2N2O4/c1-11(17(24)22-18(25)21-12-5-2-3-6-12)26-16(23)10-9-13-14(19)7-4-8-15(13)20/h4,7-12H,2-3,5-6H2,1H3,(H2,21,22,24,25)/b10-9+/t11-/m0/s1. The van der Waals surface area contributed by atoms with Crippen molar-refractivity contribution in [2.75, 3.05) is 0 Å². The fraction of sp³-hybridized carbons (Fsp3) is 0.389. The average molecular weight is 399 g/mol. The van der Waals surface area contributed by atoms with Crippen LogP contribution in [0.4, 0.5) is 4.79 Å². The van der Waals surface area contributed by atoms with Gasteiger partial charge < -0.3 is 10.1 Å². The quantitative estimate of drug-likeness (QED) is 0.584. The molecule has 1 aliphatic rings. The summed E-state index contributed by atoms with van der Waals surface area (Å²) >= 11 is 12.0. The summed E-state index contributed by atoms with van der Waals surface area (Å²) in [5.41, 5.74) is 0.473. The molecule has 2 N–H and O–H groups in total. The van der Waals surface area contributed by atoms with Gasteiger partial charge >= 0.3 is 12.0 Å². The predicted octanol–water partition coefficient (Wildman–Crippen LogP) is 3.71. The van der Waals surface area contributed by atoms with Gasteiger partial charge in [0.15, 0.2) is 6.10 Å². The van der Waals surface area contributed by atoms with Crippen LogP contribution >= 0.6 is 23.2 Å². The van der Waals surface area contributed by atoms with E-state index in [0.717, 1.165) is 31.8 Å². The lowest BCUT2D eigenvalue weighted by molar-refractivity contribution is -0.149. The fourth-order valence-corrected chi connectivity index (χ4v) is 3.12. The molecule has 0 bridgehead atoms. The molecule has 0 unspecified atom stereocenters. The number of imide groups is 1. The van der Waals surface area contributed by atoms with Crippen LogP contribution in [0.3, 0.4) is 0 Å². The second kappa shape index (κ2) is 9.59. The van der Waals surface area contributed by atoms with E-state index in [9.17, 15) is 14.4 Å². The molecule has 26 heavy (non-hydrogen) atoms. The van der Waals surface area contributed by atoms with Gasteiger partial charge in [-0.3, -0.25) is 10.1 Å². The number of amides is 3. The van der Waals surface area contributed by atoms with Crippen LogP contribution in [-0.2, 0) is 14.3 Å². The lowest BCUT2D eigenvalue weighted by Crippen LogP contribution is -2.47. The zero-order valence-electron chi connectivity index (χ0n) is 14.3. The van der Waals surface area contributed by atoms with Crippen molar-refractivity contribution in [1.29, 1.82) is 0 Å². The van der Waals surface area contributed by atoms with Crippen LogP contribution in [0.15, 0.2) is 24.3 Å². The molecule has 1 saturated carbocycles. The highest BCUT2D eigenvalue weighted by molar-refractivity contribution is 6.37. The molecule has 3 amide bonds. The van der Waals surface area contributed by atoms with E-state index < -0.39 is 24.0 Å². The summed E-state index contributed by atoms with van der Waals surface area (Å²) < 4.78 is 4.98. The maximum absolute atomic E-state index is 11.9. The average Bonchev–Trinajstić information content (AvgIpc) is 3.07. The number of benzene rings is 1. The minimum absolute atomic E-state index is 0.0870. The van der Waals surface area contributed by atoms with Crippen LogP contribution in [0.1, 0.15) is 38.2 Å². The molecule has 140 valence electrons. The summed E-state index contributed by atoms with van der Waals surface area (Å²) in [4.78, 5) is 35.5. The van der Waals surface area contributed by atoms with Gasteiger partial charge in [-0.2, -0.15) is 0 Å². The number of urea groups is 1. The molecule has 2 rings (SSSR count). The van der Waals surface area contributed by atoms with E-state index in [4.69, 9.17) is 27.9 Å². The number of hydrogen-bond acceptors (Lipinski definition) is 4. The zero-order chi connectivity index (χ0) is 19.1. The number of rotatable bonds is 5. The van der Waals surface area contributed by atoms with E-state index in [2.05, 4.69) is 10.6 Å². The van der Waals surface area contributed by atoms with E-state index in [1.54, 1.807) is 18.2 Å². The Labute approximate surface area is 161 Å². The SMILES string of the molecule is C[C@H](OC(=O)/C=C/c1c(Cl)cccc1Cl)C(=O)NC(=O)NC1CCCC1. The van der Waals surface area contributed by atoms with Gasteiger partial charge in [0.25, 0.3) is 5.91 Å². The van der Waals surface area contributed by atoms with Crippen molar-refractivity contribution in [3.63, 3.8) is 0 Å². The molecule has 0 radical (unpaired) electrons. The van der Waals surface area contributed by atoms with Crippen molar-refractivity contribution in [1.82, 2.24) is 10.6 Å². The topological polar surface area (TPSA) is 84.5 Å². The molecule has 0 aromatic heterocycles. The largest absolute Gasteiger partial charge is 0.449 e. The van der Waals surface area contributed by atoms with Crippen LogP contribution in [-0.4, -0.2) is 30.1 Å². The van der Waals surface area contributed by atoms with Crippen molar-refractivity contribution in [2.24, 2.45) is 0 Å². The normalized spacial score (nSPS) is 15.7. The Bertz CT molecular complexity index is 695. The monoisotopic (exact) mass is 398 g/mol. The van der Waals surface area contributed by atoms with Crippen molar-refractivity contribution >= 4 is 47.2 Å². The van der Waals surface area contributed by atoms with E-state index in [0.29, 0.717) is 15.6 Å². The van der Waals surface area contributed by atoms with Crippen molar-refractivity contribution in [3.05, 3.63) is 39.9 Å². The van der Waals surface area contributed by atoms with Gasteiger partial charge in [-0.15, -0.1) is 0 Å². The van der Waals surface area contributed by atoms with Crippen LogP contribution in [0, 0.1) is 0 Å². The van der Waals surface area contributed by atoms with Gasteiger partial charge in [0, 0.05) is 27.7 Å². The molecule has 1 aliphatic carbocycles. The molecular weight excluding hydrogens is 379 g/mol. The van der Waals surface area contributed by atoms with E-state index >= 15 is 0 Å². The molecular formula is C18H20Cl2N2O4. The third kappa shape index (κ3) is 6.04. The minimum atomic E-state index is -1.12. The Hall–Kier alpha value is -2.05. The van der Waals surface area contributed by atoms with Crippen LogP contribution < -0.4 is 10.6 Å². The number of hydrogen-bond donors (Lipinski definition) is 2. The first-order valence-electron chi connectivity index (χ1n) is 8.31. The lowest BCUT2D eigenvalue weighted by atomic mass is 10.2. The molecule has 1 fully saturated rings. The Morgan fingerprint density at radius 2 is 1.81 bits per heavy atom. The summed E-state index contributed by atoms with van der Waals surface area (Å²) in [7, 11) is 0. The summed E-state index contributed by atoms with van der Waals surface area (Å²) in [6.45, 7) is 1.38. The molecule has 1 atom stereocenters. The minimum Gasteiger partial charge on any atom is -0.449 e. The number of carbonyl (C=O) groups is 3. The predicted molar refractivity (Wildman–Crippen MR) is 100.0 cm³/mol.